The predicted octanol–water partition coefficient (Wildman–Crippen LogP) is 11.2. The largest absolute Gasteiger partial charge is 0.756 e. The summed E-state index contributed by atoms with van der Waals surface area (Å²) in [5, 5.41) is 0. The van der Waals surface area contributed by atoms with Crippen LogP contribution in [-0.2, 0) is 32.7 Å². The van der Waals surface area contributed by atoms with Crippen LogP contribution in [0.2, 0.25) is 0 Å². The number of carbonyl (C=O) groups is 2. The van der Waals surface area contributed by atoms with Crippen LogP contribution in [0.4, 0.5) is 0 Å². The standard InChI is InChI=1S/C46H76NO8P/c1-6-8-10-12-14-16-18-20-21-22-23-24-25-27-28-30-32-34-36-38-45(48)52-42-44(43-54-56(50,51)53-41-40-47(3,4)5)55-46(49)39-37-35-33-31-29-26-19-17-15-13-11-9-7-2/h8-11,13-17,19-21,23-24,26,29,44H,6-7,12,18,22,25,27-28,30-43H2,1-5H3/b10-8+,11-9+,15-13+,16-14+,19-17+,21-20+,24-23+,29-26+. The fourth-order valence-electron chi connectivity index (χ4n) is 4.95. The molecule has 0 saturated heterocycles. The van der Waals surface area contributed by atoms with Gasteiger partial charge in [0.2, 0.25) is 0 Å². The molecular weight excluding hydrogens is 725 g/mol. The molecular formula is C46H76NO8P. The van der Waals surface area contributed by atoms with E-state index < -0.39 is 32.5 Å². The predicted molar refractivity (Wildman–Crippen MR) is 231 cm³/mol. The first-order chi connectivity index (χ1) is 27.0. The van der Waals surface area contributed by atoms with E-state index >= 15 is 0 Å². The van der Waals surface area contributed by atoms with E-state index in [4.69, 9.17) is 18.5 Å². The zero-order valence-electron chi connectivity index (χ0n) is 35.5. The van der Waals surface area contributed by atoms with Crippen LogP contribution in [0.1, 0.15) is 129 Å². The molecule has 2 atom stereocenters. The van der Waals surface area contributed by atoms with Gasteiger partial charge >= 0.3 is 11.9 Å². The number of unbranched alkanes of at least 4 members (excludes halogenated alkanes) is 9. The average Bonchev–Trinajstić information content (AvgIpc) is 3.15. The zero-order chi connectivity index (χ0) is 41.4. The quantitative estimate of drug-likeness (QED) is 0.0154. The van der Waals surface area contributed by atoms with Gasteiger partial charge < -0.3 is 27.9 Å². The third-order valence-corrected chi connectivity index (χ3v) is 9.16. The lowest BCUT2D eigenvalue weighted by Gasteiger charge is -2.28. The number of quaternary nitrogens is 1. The van der Waals surface area contributed by atoms with Crippen LogP contribution in [0.5, 0.6) is 0 Å². The number of ether oxygens (including phenoxy) is 2. The summed E-state index contributed by atoms with van der Waals surface area (Å²) in [6.45, 7) is 3.87. The van der Waals surface area contributed by atoms with Crippen LogP contribution in [0.3, 0.4) is 0 Å². The highest BCUT2D eigenvalue weighted by Gasteiger charge is 2.21. The third kappa shape index (κ3) is 40.6. The molecule has 0 aliphatic heterocycles. The molecule has 0 bridgehead atoms. The van der Waals surface area contributed by atoms with Gasteiger partial charge in [-0.05, 0) is 70.6 Å². The second-order valence-corrected chi connectivity index (χ2v) is 16.1. The Hall–Kier alpha value is -3.07. The van der Waals surface area contributed by atoms with E-state index in [1.54, 1.807) is 0 Å². The SMILES string of the molecule is CC/C=C/C=C/C=C/C=C/CCCCCC(=O)OC(COC(=O)CCCCCCCC/C=C/C/C=C/C/C=C/C/C=C/CC)COP(=O)([O-])OCC[N+](C)(C)C. The van der Waals surface area contributed by atoms with Crippen LogP contribution >= 0.6 is 7.82 Å². The van der Waals surface area contributed by atoms with Gasteiger partial charge in [-0.2, -0.15) is 0 Å². The summed E-state index contributed by atoms with van der Waals surface area (Å²) in [7, 11) is 1.11. The summed E-state index contributed by atoms with van der Waals surface area (Å²) in [4.78, 5) is 37.5. The van der Waals surface area contributed by atoms with Gasteiger partial charge in [0.15, 0.2) is 6.10 Å². The maximum Gasteiger partial charge on any atom is 0.306 e. The molecule has 0 radical (unpaired) electrons. The monoisotopic (exact) mass is 802 g/mol. The van der Waals surface area contributed by atoms with Gasteiger partial charge in [-0.1, -0.05) is 143 Å². The number of nitrogens with zero attached hydrogens (tertiary/aromatic N) is 1. The Kier molecular flexibility index (Phi) is 35.4. The first-order valence-corrected chi connectivity index (χ1v) is 22.5. The Balaban J connectivity index is 4.46. The molecule has 0 aromatic rings. The smallest absolute Gasteiger partial charge is 0.306 e. The van der Waals surface area contributed by atoms with Crippen LogP contribution < -0.4 is 4.89 Å². The highest BCUT2D eigenvalue weighted by atomic mass is 31.2. The second kappa shape index (κ2) is 37.5. The zero-order valence-corrected chi connectivity index (χ0v) is 36.4. The summed E-state index contributed by atoms with van der Waals surface area (Å²) < 4.78 is 33.8. The van der Waals surface area contributed by atoms with Gasteiger partial charge in [0, 0.05) is 12.8 Å². The van der Waals surface area contributed by atoms with Crippen molar-refractivity contribution in [2.24, 2.45) is 0 Å². The van der Waals surface area contributed by atoms with Crippen molar-refractivity contribution < 1.29 is 42.1 Å². The molecule has 0 saturated carbocycles. The van der Waals surface area contributed by atoms with Crippen molar-refractivity contribution in [3.05, 3.63) is 97.2 Å². The van der Waals surface area contributed by atoms with E-state index in [1.807, 2.05) is 57.6 Å². The lowest BCUT2D eigenvalue weighted by Crippen LogP contribution is -2.37. The number of rotatable bonds is 36. The van der Waals surface area contributed by atoms with E-state index in [1.165, 1.54) is 0 Å². The number of phosphoric acid groups is 1. The maximum atomic E-state index is 12.6. The maximum absolute atomic E-state index is 12.6. The fraction of sp³-hybridized carbons (Fsp3) is 0.609. The van der Waals surface area contributed by atoms with Gasteiger partial charge in [0.1, 0.15) is 19.8 Å². The summed E-state index contributed by atoms with van der Waals surface area (Å²) in [5.41, 5.74) is 0. The Morgan fingerprint density at radius 3 is 1.66 bits per heavy atom. The van der Waals surface area contributed by atoms with Gasteiger partial charge in [0.05, 0.1) is 27.7 Å². The minimum Gasteiger partial charge on any atom is -0.756 e. The number of carbonyl (C=O) groups excluding carboxylic acids is 2. The first kappa shape index (κ1) is 52.9. The molecule has 0 rings (SSSR count). The molecule has 0 amide bonds. The molecule has 9 nitrogen and oxygen atoms in total. The summed E-state index contributed by atoms with van der Waals surface area (Å²) >= 11 is 0. The van der Waals surface area contributed by atoms with Crippen molar-refractivity contribution in [3.8, 4) is 0 Å². The number of esters is 2. The topological polar surface area (TPSA) is 111 Å². The fourth-order valence-corrected chi connectivity index (χ4v) is 5.68. The Labute approximate surface area is 341 Å². The molecule has 10 heteroatoms. The molecule has 0 aliphatic carbocycles. The van der Waals surface area contributed by atoms with Crippen molar-refractivity contribution in [2.45, 2.75) is 136 Å². The van der Waals surface area contributed by atoms with Crippen molar-refractivity contribution in [1.82, 2.24) is 0 Å². The van der Waals surface area contributed by atoms with Gasteiger partial charge in [0.25, 0.3) is 7.82 Å². The van der Waals surface area contributed by atoms with Crippen LogP contribution in [0, 0.1) is 0 Å². The second-order valence-electron chi connectivity index (χ2n) is 14.7. The minimum atomic E-state index is -4.64. The summed E-state index contributed by atoms with van der Waals surface area (Å²) in [6.07, 6.45) is 48.7. The molecule has 2 unspecified atom stereocenters. The minimum absolute atomic E-state index is 0.0474. The van der Waals surface area contributed by atoms with Crippen LogP contribution in [0.25, 0.3) is 0 Å². The molecule has 0 aliphatic rings. The lowest BCUT2D eigenvalue weighted by atomic mass is 10.1. The van der Waals surface area contributed by atoms with Crippen molar-refractivity contribution in [1.29, 1.82) is 0 Å². The number of phosphoric ester groups is 1. The molecule has 0 N–H and O–H groups in total. The summed E-state index contributed by atoms with van der Waals surface area (Å²) in [5.74, 6) is -0.909. The Morgan fingerprint density at radius 2 is 1.05 bits per heavy atom. The van der Waals surface area contributed by atoms with Crippen molar-refractivity contribution in [2.75, 3.05) is 47.5 Å². The van der Waals surface area contributed by atoms with E-state index in [-0.39, 0.29) is 26.1 Å². The van der Waals surface area contributed by atoms with E-state index in [9.17, 15) is 19.0 Å². The Morgan fingerprint density at radius 1 is 0.571 bits per heavy atom. The molecule has 0 heterocycles. The molecule has 56 heavy (non-hydrogen) atoms. The molecule has 0 aromatic heterocycles. The van der Waals surface area contributed by atoms with Crippen LogP contribution in [-0.4, -0.2) is 70.0 Å². The molecule has 318 valence electrons. The normalized spacial score (nSPS) is 14.6. The van der Waals surface area contributed by atoms with Gasteiger partial charge in [-0.15, -0.1) is 0 Å². The molecule has 0 fully saturated rings. The van der Waals surface area contributed by atoms with Crippen LogP contribution in [0.15, 0.2) is 97.2 Å². The van der Waals surface area contributed by atoms with Gasteiger partial charge in [-0.25, -0.2) is 0 Å². The highest BCUT2D eigenvalue weighted by Crippen LogP contribution is 2.38. The molecule has 0 aromatic carbocycles. The average molecular weight is 802 g/mol. The van der Waals surface area contributed by atoms with E-state index in [0.29, 0.717) is 23.9 Å². The first-order valence-electron chi connectivity index (χ1n) is 21.0. The molecule has 0 spiro atoms. The number of allylic oxidation sites excluding steroid dienone is 16. The van der Waals surface area contributed by atoms with Gasteiger partial charge in [-0.3, -0.25) is 14.2 Å². The van der Waals surface area contributed by atoms with Crippen molar-refractivity contribution in [3.63, 3.8) is 0 Å². The van der Waals surface area contributed by atoms with E-state index in [0.717, 1.165) is 89.9 Å². The highest BCUT2D eigenvalue weighted by molar-refractivity contribution is 7.45. The number of hydrogen-bond acceptors (Lipinski definition) is 8. The summed E-state index contributed by atoms with van der Waals surface area (Å²) in [6, 6.07) is 0. The number of likely N-dealkylation sites (N-methyl/N-ethyl adjacent to an activating group) is 1. The lowest BCUT2D eigenvalue weighted by molar-refractivity contribution is -0.870. The van der Waals surface area contributed by atoms with E-state index in [2.05, 4.69) is 74.6 Å². The van der Waals surface area contributed by atoms with Crippen molar-refractivity contribution >= 4 is 19.8 Å². The Bertz CT molecular complexity index is 1270. The third-order valence-electron chi connectivity index (χ3n) is 8.19. The number of hydrogen-bond donors (Lipinski definition) is 0.